The van der Waals surface area contributed by atoms with Crippen LogP contribution in [-0.4, -0.2) is 10.9 Å². The van der Waals surface area contributed by atoms with E-state index in [9.17, 15) is 0 Å². The third-order valence-electron chi connectivity index (χ3n) is 2.41. The zero-order chi connectivity index (χ0) is 12.1. The summed E-state index contributed by atoms with van der Waals surface area (Å²) >= 11 is 9.34. The van der Waals surface area contributed by atoms with Gasteiger partial charge in [0.1, 0.15) is 5.82 Å². The Morgan fingerprint density at radius 3 is 2.53 bits per heavy atom. The Labute approximate surface area is 114 Å². The summed E-state index contributed by atoms with van der Waals surface area (Å²) in [5, 5.41) is 3.31. The van der Waals surface area contributed by atoms with E-state index in [1.54, 1.807) is 6.20 Å². The lowest BCUT2D eigenvalue weighted by molar-refractivity contribution is 0.882. The van der Waals surface area contributed by atoms with Crippen LogP contribution < -0.4 is 5.32 Å². The van der Waals surface area contributed by atoms with Crippen LogP contribution in [-0.2, 0) is 0 Å². The monoisotopic (exact) mass is 310 g/mol. The standard InChI is InChI=1S/C13H12BrClN2/c14-11-6-7-13(16-9-11)17-12(8-15)10-4-2-1-3-5-10/h1-7,9,12H,8H2,(H,16,17). The molecular weight excluding hydrogens is 300 g/mol. The first-order chi connectivity index (χ1) is 8.29. The van der Waals surface area contributed by atoms with Crippen LogP contribution in [0.3, 0.4) is 0 Å². The maximum atomic E-state index is 5.98. The average Bonchev–Trinajstić information content (AvgIpc) is 2.39. The number of alkyl halides is 1. The van der Waals surface area contributed by atoms with Gasteiger partial charge in [-0.2, -0.15) is 0 Å². The molecule has 2 rings (SSSR count). The van der Waals surface area contributed by atoms with Gasteiger partial charge in [0.15, 0.2) is 0 Å². The van der Waals surface area contributed by atoms with Crippen molar-refractivity contribution >= 4 is 33.3 Å². The molecule has 0 saturated heterocycles. The molecule has 0 radical (unpaired) electrons. The first kappa shape index (κ1) is 12.4. The number of anilines is 1. The van der Waals surface area contributed by atoms with Gasteiger partial charge in [-0.25, -0.2) is 4.98 Å². The van der Waals surface area contributed by atoms with Crippen molar-refractivity contribution in [2.24, 2.45) is 0 Å². The topological polar surface area (TPSA) is 24.9 Å². The molecule has 1 N–H and O–H groups in total. The number of pyridine rings is 1. The van der Waals surface area contributed by atoms with Crippen LogP contribution >= 0.6 is 27.5 Å². The van der Waals surface area contributed by atoms with Crippen LogP contribution in [0, 0.1) is 0 Å². The van der Waals surface area contributed by atoms with Gasteiger partial charge >= 0.3 is 0 Å². The molecule has 0 aliphatic heterocycles. The van der Waals surface area contributed by atoms with Gasteiger partial charge in [0.25, 0.3) is 0 Å². The minimum absolute atomic E-state index is 0.0755. The fraction of sp³-hybridized carbons (Fsp3) is 0.154. The molecule has 17 heavy (non-hydrogen) atoms. The average molecular weight is 312 g/mol. The van der Waals surface area contributed by atoms with Crippen molar-refractivity contribution in [3.8, 4) is 0 Å². The van der Waals surface area contributed by atoms with Gasteiger partial charge in [-0.3, -0.25) is 0 Å². The lowest BCUT2D eigenvalue weighted by atomic mass is 10.1. The first-order valence-electron chi connectivity index (χ1n) is 5.28. The molecule has 1 aromatic heterocycles. The SMILES string of the molecule is ClCC(Nc1ccc(Br)cn1)c1ccccc1. The second-order valence-corrected chi connectivity index (χ2v) is 4.85. The van der Waals surface area contributed by atoms with E-state index in [2.05, 4.69) is 38.4 Å². The van der Waals surface area contributed by atoms with E-state index in [0.29, 0.717) is 5.88 Å². The van der Waals surface area contributed by atoms with Gasteiger partial charge in [-0.05, 0) is 33.6 Å². The zero-order valence-corrected chi connectivity index (χ0v) is 11.4. The lowest BCUT2D eigenvalue weighted by Crippen LogP contribution is -2.12. The molecule has 1 aromatic carbocycles. The zero-order valence-electron chi connectivity index (χ0n) is 9.11. The highest BCUT2D eigenvalue weighted by molar-refractivity contribution is 9.10. The number of hydrogen-bond acceptors (Lipinski definition) is 2. The number of hydrogen-bond donors (Lipinski definition) is 1. The summed E-state index contributed by atoms with van der Waals surface area (Å²) < 4.78 is 0.963. The number of nitrogens with zero attached hydrogens (tertiary/aromatic N) is 1. The fourth-order valence-electron chi connectivity index (χ4n) is 1.54. The number of benzene rings is 1. The second-order valence-electron chi connectivity index (χ2n) is 3.62. The summed E-state index contributed by atoms with van der Waals surface area (Å²) in [4.78, 5) is 4.27. The van der Waals surface area contributed by atoms with E-state index in [4.69, 9.17) is 11.6 Å². The fourth-order valence-corrected chi connectivity index (χ4v) is 2.03. The predicted octanol–water partition coefficient (Wildman–Crippen LogP) is 4.24. The van der Waals surface area contributed by atoms with E-state index < -0.39 is 0 Å². The third kappa shape index (κ3) is 3.45. The van der Waals surface area contributed by atoms with Crippen LogP contribution in [0.4, 0.5) is 5.82 Å². The molecule has 0 bridgehead atoms. The normalized spacial score (nSPS) is 12.1. The van der Waals surface area contributed by atoms with Crippen LogP contribution in [0.5, 0.6) is 0 Å². The lowest BCUT2D eigenvalue weighted by Gasteiger charge is -2.16. The van der Waals surface area contributed by atoms with Crippen LogP contribution in [0.15, 0.2) is 53.1 Å². The molecule has 0 amide bonds. The Hall–Kier alpha value is -1.06. The maximum Gasteiger partial charge on any atom is 0.126 e. The van der Waals surface area contributed by atoms with E-state index >= 15 is 0 Å². The number of rotatable bonds is 4. The largest absolute Gasteiger partial charge is 0.362 e. The Morgan fingerprint density at radius 1 is 1.18 bits per heavy atom. The minimum atomic E-state index is 0.0755. The van der Waals surface area contributed by atoms with Gasteiger partial charge in [0.2, 0.25) is 0 Å². The molecule has 4 heteroatoms. The van der Waals surface area contributed by atoms with Gasteiger partial charge in [-0.15, -0.1) is 11.6 Å². The van der Waals surface area contributed by atoms with E-state index in [1.807, 2.05) is 30.3 Å². The van der Waals surface area contributed by atoms with Gasteiger partial charge in [0, 0.05) is 16.5 Å². The van der Waals surface area contributed by atoms with Crippen molar-refractivity contribution in [1.82, 2.24) is 4.98 Å². The molecule has 0 fully saturated rings. The highest BCUT2D eigenvalue weighted by Crippen LogP contribution is 2.20. The van der Waals surface area contributed by atoms with Crippen LogP contribution in [0.1, 0.15) is 11.6 Å². The molecule has 1 atom stereocenters. The van der Waals surface area contributed by atoms with Crippen molar-refractivity contribution in [1.29, 1.82) is 0 Å². The minimum Gasteiger partial charge on any atom is -0.362 e. The maximum absolute atomic E-state index is 5.98. The van der Waals surface area contributed by atoms with Gasteiger partial charge in [-0.1, -0.05) is 30.3 Å². The van der Waals surface area contributed by atoms with E-state index in [0.717, 1.165) is 15.9 Å². The number of halogens is 2. The summed E-state index contributed by atoms with van der Waals surface area (Å²) in [5.41, 5.74) is 1.16. The van der Waals surface area contributed by atoms with Crippen molar-refractivity contribution in [3.63, 3.8) is 0 Å². The highest BCUT2D eigenvalue weighted by Gasteiger charge is 2.09. The van der Waals surface area contributed by atoms with E-state index in [-0.39, 0.29) is 6.04 Å². The van der Waals surface area contributed by atoms with Crippen molar-refractivity contribution in [2.75, 3.05) is 11.2 Å². The first-order valence-corrected chi connectivity index (χ1v) is 6.61. The summed E-state index contributed by atoms with van der Waals surface area (Å²) in [5.74, 6) is 1.32. The smallest absolute Gasteiger partial charge is 0.126 e. The predicted molar refractivity (Wildman–Crippen MR) is 75.5 cm³/mol. The Morgan fingerprint density at radius 2 is 1.94 bits per heavy atom. The van der Waals surface area contributed by atoms with Crippen molar-refractivity contribution < 1.29 is 0 Å². The molecule has 0 aliphatic carbocycles. The second kappa shape index (κ2) is 6.03. The van der Waals surface area contributed by atoms with Crippen LogP contribution in [0.2, 0.25) is 0 Å². The van der Waals surface area contributed by atoms with E-state index in [1.165, 1.54) is 0 Å². The molecule has 2 aromatic rings. The molecule has 88 valence electrons. The summed E-state index contributed by atoms with van der Waals surface area (Å²) in [6.45, 7) is 0. The Bertz CT molecular complexity index is 459. The summed E-state index contributed by atoms with van der Waals surface area (Å²) in [6.07, 6.45) is 1.76. The molecular formula is C13H12BrClN2. The summed E-state index contributed by atoms with van der Waals surface area (Å²) in [6, 6.07) is 14.1. The molecule has 1 unspecified atom stereocenters. The Balaban J connectivity index is 2.13. The number of aromatic nitrogens is 1. The summed E-state index contributed by atoms with van der Waals surface area (Å²) in [7, 11) is 0. The molecule has 1 heterocycles. The molecule has 0 saturated carbocycles. The van der Waals surface area contributed by atoms with Gasteiger partial charge < -0.3 is 5.32 Å². The van der Waals surface area contributed by atoms with Crippen molar-refractivity contribution in [3.05, 3.63) is 58.7 Å². The van der Waals surface area contributed by atoms with Crippen LogP contribution in [0.25, 0.3) is 0 Å². The van der Waals surface area contributed by atoms with Gasteiger partial charge in [0.05, 0.1) is 6.04 Å². The molecule has 0 aliphatic rings. The van der Waals surface area contributed by atoms with Crippen molar-refractivity contribution in [2.45, 2.75) is 6.04 Å². The Kier molecular flexibility index (Phi) is 4.40. The highest BCUT2D eigenvalue weighted by atomic mass is 79.9. The molecule has 2 nitrogen and oxygen atoms in total. The number of nitrogens with one attached hydrogen (secondary N) is 1. The quantitative estimate of drug-likeness (QED) is 0.854. The molecule has 0 spiro atoms. The third-order valence-corrected chi connectivity index (χ3v) is 3.18.